The number of thioether (sulfide) groups is 1. The van der Waals surface area contributed by atoms with Gasteiger partial charge < -0.3 is 5.32 Å². The van der Waals surface area contributed by atoms with E-state index in [1.165, 1.54) is 0 Å². The number of anilines is 2. The predicted molar refractivity (Wildman–Crippen MR) is 104 cm³/mol. The molecule has 1 fully saturated rings. The Bertz CT molecular complexity index is 731. The summed E-state index contributed by atoms with van der Waals surface area (Å²) in [4.78, 5) is 26.0. The number of nitrogens with one attached hydrogen (secondary N) is 1. The van der Waals surface area contributed by atoms with Gasteiger partial charge in [-0.15, -0.1) is 11.8 Å². The summed E-state index contributed by atoms with van der Waals surface area (Å²) in [5.74, 6) is 0.652. The molecule has 1 saturated heterocycles. The number of hydrogen-bond acceptors (Lipinski definition) is 3. The molecule has 4 nitrogen and oxygen atoms in total. The standard InChI is InChI=1S/C20H22N2O2S/c1-2-3-9-18(23)21-16-12-10-15(11-13-16)20-22(19(24)14-25-20)17-7-5-4-6-8-17/h4-8,10-13,20H,2-3,9,14H2,1H3,(H,21,23). The van der Waals surface area contributed by atoms with Crippen LogP contribution in [0.15, 0.2) is 54.6 Å². The first kappa shape index (κ1) is 17.5. The molecule has 3 rings (SSSR count). The lowest BCUT2D eigenvalue weighted by Gasteiger charge is -2.24. The van der Waals surface area contributed by atoms with Crippen molar-refractivity contribution in [3.8, 4) is 0 Å². The van der Waals surface area contributed by atoms with E-state index in [4.69, 9.17) is 0 Å². The van der Waals surface area contributed by atoms with Crippen LogP contribution < -0.4 is 10.2 Å². The molecule has 5 heteroatoms. The Morgan fingerprint density at radius 3 is 2.56 bits per heavy atom. The summed E-state index contributed by atoms with van der Waals surface area (Å²) in [6, 6.07) is 17.5. The van der Waals surface area contributed by atoms with Crippen molar-refractivity contribution in [2.45, 2.75) is 31.6 Å². The normalized spacial score (nSPS) is 16.9. The van der Waals surface area contributed by atoms with Gasteiger partial charge in [0, 0.05) is 17.8 Å². The van der Waals surface area contributed by atoms with Crippen LogP contribution in [0.2, 0.25) is 0 Å². The van der Waals surface area contributed by atoms with Crippen molar-refractivity contribution < 1.29 is 9.59 Å². The number of hydrogen-bond donors (Lipinski definition) is 1. The van der Waals surface area contributed by atoms with Gasteiger partial charge in [0.25, 0.3) is 0 Å². The SMILES string of the molecule is CCCCC(=O)Nc1ccc(C2SCC(=O)N2c2ccccc2)cc1. The molecule has 0 aromatic heterocycles. The monoisotopic (exact) mass is 354 g/mol. The van der Waals surface area contributed by atoms with Crippen LogP contribution >= 0.6 is 11.8 Å². The number of carbonyl (C=O) groups excluding carboxylic acids is 2. The third-order valence-corrected chi connectivity index (χ3v) is 5.35. The molecule has 0 spiro atoms. The van der Waals surface area contributed by atoms with Crippen LogP contribution in [-0.2, 0) is 9.59 Å². The topological polar surface area (TPSA) is 49.4 Å². The van der Waals surface area contributed by atoms with E-state index in [2.05, 4.69) is 12.2 Å². The minimum Gasteiger partial charge on any atom is -0.326 e. The number of carbonyl (C=O) groups is 2. The van der Waals surface area contributed by atoms with E-state index in [0.717, 1.165) is 29.8 Å². The second-order valence-electron chi connectivity index (χ2n) is 6.04. The molecule has 0 saturated carbocycles. The van der Waals surface area contributed by atoms with Crippen molar-refractivity contribution in [3.05, 3.63) is 60.2 Å². The van der Waals surface area contributed by atoms with Gasteiger partial charge in [-0.25, -0.2) is 0 Å². The number of rotatable bonds is 6. The van der Waals surface area contributed by atoms with E-state index in [1.807, 2.05) is 59.5 Å². The lowest BCUT2D eigenvalue weighted by atomic mass is 10.1. The molecule has 2 amide bonds. The Morgan fingerprint density at radius 2 is 1.88 bits per heavy atom. The van der Waals surface area contributed by atoms with Crippen molar-refractivity contribution in [2.75, 3.05) is 16.0 Å². The lowest BCUT2D eigenvalue weighted by molar-refractivity contribution is -0.116. The van der Waals surface area contributed by atoms with Crippen molar-refractivity contribution >= 4 is 35.0 Å². The molecule has 0 aliphatic carbocycles. The minimum atomic E-state index is -0.0280. The molecule has 2 aromatic rings. The Hall–Kier alpha value is -2.27. The van der Waals surface area contributed by atoms with E-state index < -0.39 is 0 Å². The Balaban J connectivity index is 1.73. The van der Waals surface area contributed by atoms with Gasteiger partial charge in [0.05, 0.1) is 5.75 Å². The third kappa shape index (κ3) is 4.23. The first-order valence-corrected chi connectivity index (χ1v) is 9.62. The number of nitrogens with zero attached hydrogens (tertiary/aromatic N) is 1. The largest absolute Gasteiger partial charge is 0.326 e. The van der Waals surface area contributed by atoms with Crippen molar-refractivity contribution in [3.63, 3.8) is 0 Å². The van der Waals surface area contributed by atoms with E-state index in [9.17, 15) is 9.59 Å². The number of unbranched alkanes of at least 4 members (excludes halogenated alkanes) is 1. The fraction of sp³-hybridized carbons (Fsp3) is 0.300. The summed E-state index contributed by atoms with van der Waals surface area (Å²) in [6.45, 7) is 2.07. The van der Waals surface area contributed by atoms with Gasteiger partial charge in [0.2, 0.25) is 11.8 Å². The fourth-order valence-electron chi connectivity index (χ4n) is 2.83. The second-order valence-corrected chi connectivity index (χ2v) is 7.10. The van der Waals surface area contributed by atoms with Crippen LogP contribution in [0.3, 0.4) is 0 Å². The number of benzene rings is 2. The maximum Gasteiger partial charge on any atom is 0.238 e. The molecule has 1 heterocycles. The van der Waals surface area contributed by atoms with Crippen molar-refractivity contribution in [1.82, 2.24) is 0 Å². The fourth-order valence-corrected chi connectivity index (χ4v) is 4.01. The second kappa shape index (κ2) is 8.21. The molecule has 0 radical (unpaired) electrons. The smallest absolute Gasteiger partial charge is 0.238 e. The first-order valence-electron chi connectivity index (χ1n) is 8.57. The summed E-state index contributed by atoms with van der Waals surface area (Å²) >= 11 is 1.63. The molecule has 1 N–H and O–H groups in total. The minimum absolute atomic E-state index is 0.0280. The Labute approximate surface area is 152 Å². The van der Waals surface area contributed by atoms with Gasteiger partial charge in [-0.05, 0) is 36.2 Å². The van der Waals surface area contributed by atoms with Crippen LogP contribution in [0.25, 0.3) is 0 Å². The van der Waals surface area contributed by atoms with E-state index in [-0.39, 0.29) is 17.2 Å². The van der Waals surface area contributed by atoms with Crippen molar-refractivity contribution in [2.24, 2.45) is 0 Å². The van der Waals surface area contributed by atoms with Gasteiger partial charge in [-0.2, -0.15) is 0 Å². The summed E-state index contributed by atoms with van der Waals surface area (Å²) < 4.78 is 0. The first-order chi connectivity index (χ1) is 12.2. The van der Waals surface area contributed by atoms with Crippen LogP contribution in [0, 0.1) is 0 Å². The van der Waals surface area contributed by atoms with Crippen LogP contribution in [0.5, 0.6) is 0 Å². The molecule has 2 aromatic carbocycles. The van der Waals surface area contributed by atoms with Gasteiger partial charge >= 0.3 is 0 Å². The lowest BCUT2D eigenvalue weighted by Crippen LogP contribution is -2.27. The van der Waals surface area contributed by atoms with Crippen molar-refractivity contribution in [1.29, 1.82) is 0 Å². The zero-order valence-electron chi connectivity index (χ0n) is 14.3. The van der Waals surface area contributed by atoms with E-state index >= 15 is 0 Å². The molecule has 0 bridgehead atoms. The highest BCUT2D eigenvalue weighted by atomic mass is 32.2. The molecule has 1 aliphatic heterocycles. The highest BCUT2D eigenvalue weighted by molar-refractivity contribution is 8.00. The predicted octanol–water partition coefficient (Wildman–Crippen LogP) is 4.59. The van der Waals surface area contributed by atoms with E-state index in [0.29, 0.717) is 12.2 Å². The summed E-state index contributed by atoms with van der Waals surface area (Å²) in [7, 11) is 0. The zero-order valence-corrected chi connectivity index (χ0v) is 15.1. The zero-order chi connectivity index (χ0) is 17.6. The summed E-state index contributed by atoms with van der Waals surface area (Å²) in [5, 5.41) is 2.89. The van der Waals surface area contributed by atoms with Crippen LogP contribution in [-0.4, -0.2) is 17.6 Å². The Morgan fingerprint density at radius 1 is 1.16 bits per heavy atom. The maximum absolute atomic E-state index is 12.3. The molecule has 25 heavy (non-hydrogen) atoms. The molecule has 1 aliphatic rings. The number of amides is 2. The van der Waals surface area contributed by atoms with Gasteiger partial charge in [0.1, 0.15) is 5.37 Å². The van der Waals surface area contributed by atoms with E-state index in [1.54, 1.807) is 11.8 Å². The molecular weight excluding hydrogens is 332 g/mol. The molecule has 130 valence electrons. The summed E-state index contributed by atoms with van der Waals surface area (Å²) in [6.07, 6.45) is 2.46. The average molecular weight is 354 g/mol. The van der Waals surface area contributed by atoms with Crippen LogP contribution in [0.4, 0.5) is 11.4 Å². The van der Waals surface area contributed by atoms with Gasteiger partial charge in [-0.3, -0.25) is 14.5 Å². The third-order valence-electron chi connectivity index (χ3n) is 4.14. The number of para-hydroxylation sites is 1. The molecule has 1 unspecified atom stereocenters. The Kier molecular flexibility index (Phi) is 5.76. The molecule has 1 atom stereocenters. The molecular formula is C20H22N2O2S. The average Bonchev–Trinajstić information content (AvgIpc) is 3.03. The highest BCUT2D eigenvalue weighted by Crippen LogP contribution is 2.41. The summed E-state index contributed by atoms with van der Waals surface area (Å²) in [5.41, 5.74) is 2.77. The van der Waals surface area contributed by atoms with Gasteiger partial charge in [-0.1, -0.05) is 43.7 Å². The maximum atomic E-state index is 12.3. The quantitative estimate of drug-likeness (QED) is 0.825. The van der Waals surface area contributed by atoms with Gasteiger partial charge in [0.15, 0.2) is 0 Å². The van der Waals surface area contributed by atoms with Crippen LogP contribution in [0.1, 0.15) is 37.1 Å². The highest BCUT2D eigenvalue weighted by Gasteiger charge is 2.33.